The number of anilines is 2. The Morgan fingerprint density at radius 2 is 2.21 bits per heavy atom. The molecule has 0 aromatic heterocycles. The number of halogens is 2. The molecule has 0 aliphatic carbocycles. The van der Waals surface area contributed by atoms with Gasteiger partial charge in [0.25, 0.3) is 0 Å². The van der Waals surface area contributed by atoms with Crippen molar-refractivity contribution in [2.75, 3.05) is 22.6 Å². The van der Waals surface area contributed by atoms with Gasteiger partial charge in [0.05, 0.1) is 11.4 Å². The van der Waals surface area contributed by atoms with Gasteiger partial charge in [-0.2, -0.15) is 0 Å². The Bertz CT molecular complexity index is 534. The molecule has 6 heteroatoms. The molecule has 1 aromatic carbocycles. The van der Waals surface area contributed by atoms with E-state index < -0.39 is 0 Å². The molecule has 1 aromatic rings. The molecule has 1 N–H and O–H groups in total. The molecule has 1 aliphatic rings. The number of hydrogen-bond acceptors (Lipinski definition) is 2. The normalized spacial score (nSPS) is 13.3. The summed E-state index contributed by atoms with van der Waals surface area (Å²) in [5, 5.41) is 2.82. The Kier molecular flexibility index (Phi) is 4.47. The van der Waals surface area contributed by atoms with Gasteiger partial charge in [0.2, 0.25) is 11.8 Å². The average molecular weight is 346 g/mol. The van der Waals surface area contributed by atoms with Gasteiger partial charge in [-0.1, -0.05) is 15.9 Å². The van der Waals surface area contributed by atoms with Crippen LogP contribution in [0.5, 0.6) is 0 Å². The predicted octanol–water partition coefficient (Wildman–Crippen LogP) is 2.93. The first kappa shape index (κ1) is 14.3. The number of benzene rings is 1. The summed E-state index contributed by atoms with van der Waals surface area (Å²) in [7, 11) is 0. The summed E-state index contributed by atoms with van der Waals surface area (Å²) in [4.78, 5) is 25.0. The third-order valence-electron chi connectivity index (χ3n) is 3.00. The summed E-state index contributed by atoms with van der Waals surface area (Å²) in [5.41, 5.74) is 2.52. The summed E-state index contributed by atoms with van der Waals surface area (Å²) in [5.74, 6) is 0.109. The molecule has 102 valence electrons. The maximum atomic E-state index is 11.7. The number of nitrogens with one attached hydrogen (secondary N) is 1. The molecule has 0 unspecified atom stereocenters. The quantitative estimate of drug-likeness (QED) is 0.856. The highest BCUT2D eigenvalue weighted by atomic mass is 79.9. The van der Waals surface area contributed by atoms with Gasteiger partial charge in [0.1, 0.15) is 0 Å². The summed E-state index contributed by atoms with van der Waals surface area (Å²) in [6.45, 7) is 2.18. The summed E-state index contributed by atoms with van der Waals surface area (Å²) in [6.07, 6.45) is 1.05. The van der Waals surface area contributed by atoms with Crippen LogP contribution < -0.4 is 10.2 Å². The summed E-state index contributed by atoms with van der Waals surface area (Å²) in [6, 6.07) is 3.79. The molecule has 0 radical (unpaired) electrons. The maximum Gasteiger partial charge on any atom is 0.225 e. The van der Waals surface area contributed by atoms with Gasteiger partial charge in [-0.15, -0.1) is 11.6 Å². The molecule has 19 heavy (non-hydrogen) atoms. The van der Waals surface area contributed by atoms with E-state index in [1.165, 1.54) is 6.92 Å². The fourth-order valence-corrected chi connectivity index (χ4v) is 2.89. The Morgan fingerprint density at radius 1 is 1.47 bits per heavy atom. The maximum absolute atomic E-state index is 11.7. The first-order chi connectivity index (χ1) is 9.02. The second kappa shape index (κ2) is 5.92. The van der Waals surface area contributed by atoms with Crippen molar-refractivity contribution in [1.29, 1.82) is 0 Å². The molecule has 0 spiro atoms. The topological polar surface area (TPSA) is 49.4 Å². The molecule has 0 fully saturated rings. The molecular weight excluding hydrogens is 332 g/mol. The first-order valence-electron chi connectivity index (χ1n) is 5.99. The second-order valence-corrected chi connectivity index (χ2v) is 5.66. The van der Waals surface area contributed by atoms with Crippen LogP contribution in [0.3, 0.4) is 0 Å². The van der Waals surface area contributed by atoms with E-state index in [0.29, 0.717) is 12.2 Å². The fourth-order valence-electron chi connectivity index (χ4n) is 2.22. The van der Waals surface area contributed by atoms with Crippen LogP contribution in [0.25, 0.3) is 0 Å². The number of fused-ring (bicyclic) bond motifs is 1. The van der Waals surface area contributed by atoms with Crippen LogP contribution in [0, 0.1) is 0 Å². The molecule has 1 aliphatic heterocycles. The zero-order valence-electron chi connectivity index (χ0n) is 10.5. The number of nitrogens with zero attached hydrogens (tertiary/aromatic N) is 1. The highest BCUT2D eigenvalue weighted by molar-refractivity contribution is 9.10. The van der Waals surface area contributed by atoms with E-state index in [-0.39, 0.29) is 24.1 Å². The van der Waals surface area contributed by atoms with Crippen molar-refractivity contribution in [3.05, 3.63) is 22.2 Å². The molecule has 2 rings (SSSR count). The number of amides is 2. The zero-order valence-corrected chi connectivity index (χ0v) is 12.8. The lowest BCUT2D eigenvalue weighted by molar-refractivity contribution is -0.117. The van der Waals surface area contributed by atoms with E-state index in [9.17, 15) is 9.59 Å². The first-order valence-corrected chi connectivity index (χ1v) is 7.32. The van der Waals surface area contributed by atoms with Gasteiger partial charge >= 0.3 is 0 Å². The SMILES string of the molecule is CC(=O)N1CCc2cc(Br)cc(NC(=O)CCCl)c21. The lowest BCUT2D eigenvalue weighted by Crippen LogP contribution is -2.27. The minimum absolute atomic E-state index is 0.0195. The van der Waals surface area contributed by atoms with Crippen LogP contribution >= 0.6 is 27.5 Å². The van der Waals surface area contributed by atoms with Crippen molar-refractivity contribution in [2.24, 2.45) is 0 Å². The Labute approximate surface area is 125 Å². The molecular formula is C13H14BrClN2O2. The van der Waals surface area contributed by atoms with Crippen molar-refractivity contribution >= 4 is 50.7 Å². The van der Waals surface area contributed by atoms with Crippen LogP contribution in [0.2, 0.25) is 0 Å². The monoisotopic (exact) mass is 344 g/mol. The average Bonchev–Trinajstić information content (AvgIpc) is 2.72. The smallest absolute Gasteiger partial charge is 0.225 e. The van der Waals surface area contributed by atoms with E-state index in [4.69, 9.17) is 11.6 Å². The van der Waals surface area contributed by atoms with Crippen molar-refractivity contribution in [3.63, 3.8) is 0 Å². The number of carbonyl (C=O) groups is 2. The van der Waals surface area contributed by atoms with Crippen LogP contribution in [0.1, 0.15) is 18.9 Å². The van der Waals surface area contributed by atoms with E-state index >= 15 is 0 Å². The van der Waals surface area contributed by atoms with Crippen molar-refractivity contribution in [3.8, 4) is 0 Å². The lowest BCUT2D eigenvalue weighted by Gasteiger charge is -2.19. The van der Waals surface area contributed by atoms with E-state index in [1.54, 1.807) is 4.90 Å². The number of rotatable bonds is 3. The largest absolute Gasteiger partial charge is 0.324 e. The van der Waals surface area contributed by atoms with Crippen molar-refractivity contribution in [1.82, 2.24) is 0 Å². The van der Waals surface area contributed by atoms with E-state index in [1.807, 2.05) is 12.1 Å². The fraction of sp³-hybridized carbons (Fsp3) is 0.385. The van der Waals surface area contributed by atoms with Gasteiger partial charge in [-0.05, 0) is 24.1 Å². The summed E-state index contributed by atoms with van der Waals surface area (Å²) < 4.78 is 0.887. The Balaban J connectivity index is 2.38. The van der Waals surface area contributed by atoms with Gasteiger partial charge in [-0.3, -0.25) is 9.59 Å². The van der Waals surface area contributed by atoms with Crippen molar-refractivity contribution in [2.45, 2.75) is 19.8 Å². The minimum atomic E-state index is -0.147. The molecule has 0 saturated heterocycles. The van der Waals surface area contributed by atoms with Crippen LogP contribution in [0.4, 0.5) is 11.4 Å². The third-order valence-corrected chi connectivity index (χ3v) is 3.65. The molecule has 0 bridgehead atoms. The summed E-state index contributed by atoms with van der Waals surface area (Å²) >= 11 is 8.98. The molecule has 0 atom stereocenters. The highest BCUT2D eigenvalue weighted by Crippen LogP contribution is 2.38. The van der Waals surface area contributed by atoms with Gasteiger partial charge in [-0.25, -0.2) is 0 Å². The van der Waals surface area contributed by atoms with Crippen molar-refractivity contribution < 1.29 is 9.59 Å². The number of carbonyl (C=O) groups excluding carboxylic acids is 2. The van der Waals surface area contributed by atoms with E-state index in [0.717, 1.165) is 22.1 Å². The minimum Gasteiger partial charge on any atom is -0.324 e. The Hall–Kier alpha value is -1.07. The highest BCUT2D eigenvalue weighted by Gasteiger charge is 2.26. The second-order valence-electron chi connectivity index (χ2n) is 4.37. The standard InChI is InChI=1S/C13H14BrClN2O2/c1-8(18)17-5-3-9-6-10(14)7-11(13(9)17)16-12(19)2-4-15/h6-7H,2-5H2,1H3,(H,16,19). The number of hydrogen-bond donors (Lipinski definition) is 1. The molecule has 4 nitrogen and oxygen atoms in total. The molecule has 0 saturated carbocycles. The van der Waals surface area contributed by atoms with Crippen LogP contribution in [0.15, 0.2) is 16.6 Å². The van der Waals surface area contributed by atoms with Gasteiger partial charge < -0.3 is 10.2 Å². The molecule has 2 amide bonds. The molecule has 1 heterocycles. The van der Waals surface area contributed by atoms with Crippen LogP contribution in [-0.2, 0) is 16.0 Å². The van der Waals surface area contributed by atoms with Gasteiger partial charge in [0.15, 0.2) is 0 Å². The zero-order chi connectivity index (χ0) is 14.0. The van der Waals surface area contributed by atoms with Crippen LogP contribution in [-0.4, -0.2) is 24.2 Å². The predicted molar refractivity (Wildman–Crippen MR) is 79.8 cm³/mol. The van der Waals surface area contributed by atoms with Gasteiger partial charge in [0, 0.05) is 30.2 Å². The lowest BCUT2D eigenvalue weighted by atomic mass is 10.1. The number of alkyl halides is 1. The Morgan fingerprint density at radius 3 is 2.84 bits per heavy atom. The van der Waals surface area contributed by atoms with E-state index in [2.05, 4.69) is 21.2 Å². The third kappa shape index (κ3) is 3.09.